The summed E-state index contributed by atoms with van der Waals surface area (Å²) in [7, 11) is 0. The highest BCUT2D eigenvalue weighted by atomic mass is 16.4. The molecule has 3 heteroatoms. The summed E-state index contributed by atoms with van der Waals surface area (Å²) in [6, 6.07) is 0.103. The minimum atomic E-state index is -0.668. The third-order valence-corrected chi connectivity index (χ3v) is 3.37. The summed E-state index contributed by atoms with van der Waals surface area (Å²) in [6.45, 7) is 9.42. The second-order valence-electron chi connectivity index (χ2n) is 5.44. The maximum absolute atomic E-state index is 11.0. The molecule has 0 aromatic carbocycles. The van der Waals surface area contributed by atoms with Gasteiger partial charge in [-0.1, -0.05) is 20.8 Å². The van der Waals surface area contributed by atoms with Crippen LogP contribution in [0.3, 0.4) is 0 Å². The van der Waals surface area contributed by atoms with Gasteiger partial charge in [-0.2, -0.15) is 0 Å². The topological polar surface area (TPSA) is 49.3 Å². The maximum Gasteiger partial charge on any atom is 0.308 e. The number of piperidine rings is 1. The van der Waals surface area contributed by atoms with Gasteiger partial charge in [-0.05, 0) is 31.2 Å². The normalized spacial score (nSPS) is 34.1. The molecule has 1 aliphatic rings. The highest BCUT2D eigenvalue weighted by Crippen LogP contribution is 2.34. The zero-order chi connectivity index (χ0) is 10.9. The second-order valence-corrected chi connectivity index (χ2v) is 5.44. The average molecular weight is 199 g/mol. The first-order valence-electron chi connectivity index (χ1n) is 5.28. The molecule has 0 amide bonds. The zero-order valence-corrected chi connectivity index (χ0v) is 9.50. The molecule has 82 valence electrons. The fraction of sp³-hybridized carbons (Fsp3) is 0.909. The van der Waals surface area contributed by atoms with Gasteiger partial charge in [-0.3, -0.25) is 4.79 Å². The van der Waals surface area contributed by atoms with E-state index in [1.807, 2.05) is 6.92 Å². The first-order chi connectivity index (χ1) is 6.32. The molecule has 3 nitrogen and oxygen atoms in total. The molecule has 1 heterocycles. The number of hydrogen-bond acceptors (Lipinski definition) is 2. The molecule has 0 saturated carbocycles. The Morgan fingerprint density at radius 3 is 2.43 bits per heavy atom. The predicted octanol–water partition coefficient (Wildman–Crippen LogP) is 1.73. The molecule has 1 saturated heterocycles. The summed E-state index contributed by atoms with van der Waals surface area (Å²) in [5, 5.41) is 12.3. The first kappa shape index (κ1) is 11.5. The van der Waals surface area contributed by atoms with E-state index in [-0.39, 0.29) is 17.4 Å². The van der Waals surface area contributed by atoms with Crippen LogP contribution in [0.1, 0.15) is 34.1 Å². The zero-order valence-electron chi connectivity index (χ0n) is 9.50. The van der Waals surface area contributed by atoms with E-state index in [9.17, 15) is 4.79 Å². The van der Waals surface area contributed by atoms with Crippen LogP contribution in [0.2, 0.25) is 0 Å². The lowest BCUT2D eigenvalue weighted by Crippen LogP contribution is -2.49. The molecule has 0 spiro atoms. The average Bonchev–Trinajstić information content (AvgIpc) is 2.02. The molecular formula is C11H21NO2. The van der Waals surface area contributed by atoms with Crippen LogP contribution < -0.4 is 5.32 Å². The van der Waals surface area contributed by atoms with E-state index in [1.54, 1.807) is 0 Å². The molecule has 1 rings (SSSR count). The van der Waals surface area contributed by atoms with E-state index < -0.39 is 5.97 Å². The predicted molar refractivity (Wildman–Crippen MR) is 56.2 cm³/mol. The Kier molecular flexibility index (Phi) is 3.20. The van der Waals surface area contributed by atoms with Crippen molar-refractivity contribution in [3.8, 4) is 0 Å². The first-order valence-corrected chi connectivity index (χ1v) is 5.28. The number of rotatable bonds is 1. The van der Waals surface area contributed by atoms with Gasteiger partial charge in [0.15, 0.2) is 0 Å². The largest absolute Gasteiger partial charge is 0.481 e. The van der Waals surface area contributed by atoms with Gasteiger partial charge in [0.1, 0.15) is 0 Å². The molecule has 0 aromatic heterocycles. The lowest BCUT2D eigenvalue weighted by Gasteiger charge is -2.39. The van der Waals surface area contributed by atoms with E-state index in [0.717, 1.165) is 13.0 Å². The van der Waals surface area contributed by atoms with Crippen LogP contribution in [0.25, 0.3) is 0 Å². The van der Waals surface area contributed by atoms with Crippen molar-refractivity contribution >= 4 is 5.97 Å². The third kappa shape index (κ3) is 2.47. The van der Waals surface area contributed by atoms with Crippen molar-refractivity contribution in [2.24, 2.45) is 17.3 Å². The summed E-state index contributed by atoms with van der Waals surface area (Å²) in [5.74, 6) is -0.438. The van der Waals surface area contributed by atoms with Crippen LogP contribution >= 0.6 is 0 Å². The Hall–Kier alpha value is -0.570. The second kappa shape index (κ2) is 3.89. The van der Waals surface area contributed by atoms with Crippen LogP contribution in [0.5, 0.6) is 0 Å². The summed E-state index contributed by atoms with van der Waals surface area (Å²) in [4.78, 5) is 11.0. The van der Waals surface area contributed by atoms with Gasteiger partial charge < -0.3 is 10.4 Å². The Morgan fingerprint density at radius 2 is 2.00 bits per heavy atom. The fourth-order valence-corrected chi connectivity index (χ4v) is 2.04. The van der Waals surface area contributed by atoms with Crippen LogP contribution in [-0.2, 0) is 4.79 Å². The Labute approximate surface area is 85.9 Å². The van der Waals surface area contributed by atoms with Crippen LogP contribution in [0.4, 0.5) is 0 Å². The lowest BCUT2D eigenvalue weighted by atomic mass is 9.72. The van der Waals surface area contributed by atoms with Crippen LogP contribution in [-0.4, -0.2) is 23.7 Å². The summed E-state index contributed by atoms with van der Waals surface area (Å²) >= 11 is 0. The van der Waals surface area contributed by atoms with Gasteiger partial charge in [0.25, 0.3) is 0 Å². The smallest absolute Gasteiger partial charge is 0.308 e. The molecule has 0 aromatic rings. The van der Waals surface area contributed by atoms with Crippen molar-refractivity contribution in [2.45, 2.75) is 40.2 Å². The van der Waals surface area contributed by atoms with E-state index >= 15 is 0 Å². The minimum absolute atomic E-state index is 0.103. The minimum Gasteiger partial charge on any atom is -0.481 e. The molecule has 0 bridgehead atoms. The molecule has 3 unspecified atom stereocenters. The molecular weight excluding hydrogens is 178 g/mol. The van der Waals surface area contributed by atoms with Crippen molar-refractivity contribution in [3.05, 3.63) is 0 Å². The Bertz CT molecular complexity index is 220. The molecule has 0 aliphatic carbocycles. The summed E-state index contributed by atoms with van der Waals surface area (Å²) in [6.07, 6.45) is 0.799. The molecule has 14 heavy (non-hydrogen) atoms. The van der Waals surface area contributed by atoms with Crippen molar-refractivity contribution in [3.63, 3.8) is 0 Å². The van der Waals surface area contributed by atoms with Crippen molar-refractivity contribution < 1.29 is 9.90 Å². The van der Waals surface area contributed by atoms with Crippen molar-refractivity contribution in [2.75, 3.05) is 6.54 Å². The molecule has 1 aliphatic heterocycles. The highest BCUT2D eigenvalue weighted by Gasteiger charge is 2.37. The number of carboxylic acids is 1. The highest BCUT2D eigenvalue weighted by molar-refractivity contribution is 5.71. The summed E-state index contributed by atoms with van der Waals surface area (Å²) < 4.78 is 0. The lowest BCUT2D eigenvalue weighted by molar-refractivity contribution is -0.144. The number of carbonyl (C=O) groups is 1. The summed E-state index contributed by atoms with van der Waals surface area (Å²) in [5.41, 5.74) is 0.195. The Balaban J connectivity index is 2.67. The maximum atomic E-state index is 11.0. The number of nitrogens with one attached hydrogen (secondary N) is 1. The van der Waals surface area contributed by atoms with Crippen LogP contribution in [0.15, 0.2) is 0 Å². The van der Waals surface area contributed by atoms with Gasteiger partial charge >= 0.3 is 5.97 Å². The van der Waals surface area contributed by atoms with Gasteiger partial charge in [0.05, 0.1) is 5.92 Å². The van der Waals surface area contributed by atoms with Gasteiger partial charge in [0, 0.05) is 6.04 Å². The number of aliphatic carboxylic acids is 1. The molecule has 1 fully saturated rings. The third-order valence-electron chi connectivity index (χ3n) is 3.37. The van der Waals surface area contributed by atoms with E-state index in [1.165, 1.54) is 0 Å². The van der Waals surface area contributed by atoms with E-state index in [4.69, 9.17) is 5.11 Å². The number of hydrogen-bond donors (Lipinski definition) is 2. The van der Waals surface area contributed by atoms with E-state index in [0.29, 0.717) is 5.92 Å². The monoisotopic (exact) mass is 199 g/mol. The number of carboxylic acid groups (broad SMARTS) is 1. The molecule has 0 radical (unpaired) electrons. The SMILES string of the molecule is CC1NCC(C(C)(C)C)CC1C(=O)O. The molecule has 2 N–H and O–H groups in total. The van der Waals surface area contributed by atoms with Gasteiger partial charge in [-0.25, -0.2) is 0 Å². The quantitative estimate of drug-likeness (QED) is 0.676. The standard InChI is InChI=1S/C11H21NO2/c1-7-9(10(13)14)5-8(6-12-7)11(2,3)4/h7-9,12H,5-6H2,1-4H3,(H,13,14). The molecule has 3 atom stereocenters. The van der Waals surface area contributed by atoms with Crippen LogP contribution in [0, 0.1) is 17.3 Å². The van der Waals surface area contributed by atoms with Crippen molar-refractivity contribution in [1.82, 2.24) is 5.32 Å². The van der Waals surface area contributed by atoms with Crippen molar-refractivity contribution in [1.29, 1.82) is 0 Å². The van der Waals surface area contributed by atoms with E-state index in [2.05, 4.69) is 26.1 Å². The van der Waals surface area contributed by atoms with Gasteiger partial charge in [-0.15, -0.1) is 0 Å². The van der Waals surface area contributed by atoms with Gasteiger partial charge in [0.2, 0.25) is 0 Å². The fourth-order valence-electron chi connectivity index (χ4n) is 2.04. The Morgan fingerprint density at radius 1 is 1.43 bits per heavy atom.